The molecule has 110 valence electrons. The molecular weight excluding hydrogens is 421 g/mol. The minimum absolute atomic E-state index is 0.225. The van der Waals surface area contributed by atoms with Gasteiger partial charge in [0.2, 0.25) is 0 Å². The molecule has 21 heavy (non-hydrogen) atoms. The number of carbonyl (C=O) groups excluding carboxylic acids is 1. The number of rotatable bonds is 3. The number of carbonyl (C=O) groups is 1. The Labute approximate surface area is 144 Å². The van der Waals surface area contributed by atoms with E-state index >= 15 is 0 Å². The monoisotopic (exact) mass is 431 g/mol. The lowest BCUT2D eigenvalue weighted by atomic mass is 10.1. The van der Waals surface area contributed by atoms with Crippen LogP contribution in [-0.4, -0.2) is 13.0 Å². The molecule has 0 atom stereocenters. The summed E-state index contributed by atoms with van der Waals surface area (Å²) >= 11 is 12.8. The van der Waals surface area contributed by atoms with Crippen LogP contribution in [0.15, 0.2) is 39.3 Å². The van der Waals surface area contributed by atoms with Crippen LogP contribution < -0.4 is 10.1 Å². The van der Waals surface area contributed by atoms with E-state index in [2.05, 4.69) is 37.2 Å². The van der Waals surface area contributed by atoms with Crippen molar-refractivity contribution in [2.75, 3.05) is 12.4 Å². The average molecular weight is 434 g/mol. The summed E-state index contributed by atoms with van der Waals surface area (Å²) in [7, 11) is 1.53. The van der Waals surface area contributed by atoms with Crippen molar-refractivity contribution >= 4 is 55.1 Å². The van der Waals surface area contributed by atoms with Crippen LogP contribution in [0.25, 0.3) is 0 Å². The first-order chi connectivity index (χ1) is 9.90. The van der Waals surface area contributed by atoms with Gasteiger partial charge in [-0.1, -0.05) is 43.5 Å². The Balaban J connectivity index is 2.33. The van der Waals surface area contributed by atoms with Crippen molar-refractivity contribution in [3.05, 3.63) is 55.4 Å². The number of hydrogen-bond donors (Lipinski definition) is 1. The standard InChI is InChI=1S/C15H12Br2ClNO2/c1-8-3-13(14(21-2)7-12(8)18)19-15(20)9-4-10(16)6-11(17)5-9/h3-7H,1-2H3,(H,19,20). The van der Waals surface area contributed by atoms with Gasteiger partial charge in [0.25, 0.3) is 5.91 Å². The van der Waals surface area contributed by atoms with Gasteiger partial charge in [-0.2, -0.15) is 0 Å². The number of nitrogens with one attached hydrogen (secondary N) is 1. The second-order valence-corrected chi connectivity index (χ2v) is 6.65. The number of hydrogen-bond acceptors (Lipinski definition) is 2. The van der Waals surface area contributed by atoms with Crippen molar-refractivity contribution < 1.29 is 9.53 Å². The van der Waals surface area contributed by atoms with Gasteiger partial charge in [0.15, 0.2) is 0 Å². The van der Waals surface area contributed by atoms with Crippen LogP contribution in [0, 0.1) is 6.92 Å². The summed E-state index contributed by atoms with van der Waals surface area (Å²) in [5.74, 6) is 0.296. The molecule has 0 aliphatic rings. The molecule has 0 bridgehead atoms. The van der Waals surface area contributed by atoms with Crippen molar-refractivity contribution in [2.45, 2.75) is 6.92 Å². The Bertz CT molecular complexity index is 684. The van der Waals surface area contributed by atoms with Crippen LogP contribution >= 0.6 is 43.5 Å². The normalized spacial score (nSPS) is 10.3. The quantitative estimate of drug-likeness (QED) is 0.701. The molecule has 0 spiro atoms. The van der Waals surface area contributed by atoms with E-state index in [9.17, 15) is 4.79 Å². The number of amides is 1. The summed E-state index contributed by atoms with van der Waals surface area (Å²) in [5, 5.41) is 3.43. The SMILES string of the molecule is COc1cc(Cl)c(C)cc1NC(=O)c1cc(Br)cc(Br)c1. The highest BCUT2D eigenvalue weighted by atomic mass is 79.9. The zero-order chi connectivity index (χ0) is 15.6. The molecular formula is C15H12Br2ClNO2. The van der Waals surface area contributed by atoms with Gasteiger partial charge in [-0.3, -0.25) is 4.79 Å². The minimum Gasteiger partial charge on any atom is -0.495 e. The molecule has 0 aromatic heterocycles. The van der Waals surface area contributed by atoms with E-state index in [1.165, 1.54) is 7.11 Å². The number of halogens is 3. The molecule has 0 fully saturated rings. The third-order valence-corrected chi connectivity index (χ3v) is 4.18. The van der Waals surface area contributed by atoms with Gasteiger partial charge in [-0.15, -0.1) is 0 Å². The van der Waals surface area contributed by atoms with E-state index in [-0.39, 0.29) is 5.91 Å². The molecule has 1 amide bonds. The van der Waals surface area contributed by atoms with E-state index in [0.29, 0.717) is 22.0 Å². The summed E-state index contributed by atoms with van der Waals surface area (Å²) < 4.78 is 6.89. The molecule has 2 aromatic rings. The van der Waals surface area contributed by atoms with Gasteiger partial charge in [-0.05, 0) is 36.8 Å². The highest BCUT2D eigenvalue weighted by Gasteiger charge is 2.13. The molecule has 0 heterocycles. The Morgan fingerprint density at radius 3 is 2.33 bits per heavy atom. The van der Waals surface area contributed by atoms with E-state index in [1.54, 1.807) is 24.3 Å². The van der Waals surface area contributed by atoms with Crippen molar-refractivity contribution in [3.63, 3.8) is 0 Å². The molecule has 0 unspecified atom stereocenters. The van der Waals surface area contributed by atoms with E-state index < -0.39 is 0 Å². The summed E-state index contributed by atoms with van der Waals surface area (Å²) in [6, 6.07) is 8.82. The molecule has 1 N–H and O–H groups in total. The van der Waals surface area contributed by atoms with Gasteiger partial charge in [-0.25, -0.2) is 0 Å². The molecule has 0 saturated carbocycles. The van der Waals surface area contributed by atoms with Crippen LogP contribution in [0.3, 0.4) is 0 Å². The molecule has 6 heteroatoms. The molecule has 0 radical (unpaired) electrons. The third-order valence-electron chi connectivity index (χ3n) is 2.85. The molecule has 3 nitrogen and oxygen atoms in total. The number of ether oxygens (including phenoxy) is 1. The van der Waals surface area contributed by atoms with Crippen LogP contribution in [0.1, 0.15) is 15.9 Å². The second-order valence-electron chi connectivity index (χ2n) is 4.41. The van der Waals surface area contributed by atoms with Gasteiger partial charge in [0, 0.05) is 25.6 Å². The largest absolute Gasteiger partial charge is 0.495 e. The molecule has 0 aliphatic carbocycles. The lowest BCUT2D eigenvalue weighted by Gasteiger charge is -2.12. The van der Waals surface area contributed by atoms with Crippen LogP contribution in [-0.2, 0) is 0 Å². The van der Waals surface area contributed by atoms with Gasteiger partial charge in [0.1, 0.15) is 5.75 Å². The van der Waals surface area contributed by atoms with E-state index in [4.69, 9.17) is 16.3 Å². The van der Waals surface area contributed by atoms with Crippen molar-refractivity contribution in [1.29, 1.82) is 0 Å². The molecule has 2 rings (SSSR count). The summed E-state index contributed by atoms with van der Waals surface area (Å²) in [4.78, 5) is 12.3. The first-order valence-corrected chi connectivity index (χ1v) is 7.98. The van der Waals surface area contributed by atoms with Crippen molar-refractivity contribution in [3.8, 4) is 5.75 Å². The maximum atomic E-state index is 12.3. The first-order valence-electron chi connectivity index (χ1n) is 6.02. The summed E-state index contributed by atoms with van der Waals surface area (Å²) in [6.45, 7) is 1.87. The van der Waals surface area contributed by atoms with Gasteiger partial charge < -0.3 is 10.1 Å². The van der Waals surface area contributed by atoms with E-state index in [0.717, 1.165) is 14.5 Å². The predicted molar refractivity (Wildman–Crippen MR) is 92.5 cm³/mol. The highest BCUT2D eigenvalue weighted by Crippen LogP contribution is 2.31. The van der Waals surface area contributed by atoms with Crippen LogP contribution in [0.2, 0.25) is 5.02 Å². The predicted octanol–water partition coefficient (Wildman–Crippen LogP) is 5.43. The zero-order valence-corrected chi connectivity index (χ0v) is 15.3. The molecule has 2 aromatic carbocycles. The number of methoxy groups -OCH3 is 1. The number of benzene rings is 2. The number of anilines is 1. The fourth-order valence-corrected chi connectivity index (χ4v) is 3.26. The molecule has 0 aliphatic heterocycles. The maximum Gasteiger partial charge on any atom is 0.255 e. The van der Waals surface area contributed by atoms with Crippen molar-refractivity contribution in [1.82, 2.24) is 0 Å². The highest BCUT2D eigenvalue weighted by molar-refractivity contribution is 9.11. The Hall–Kier alpha value is -1.04. The molecule has 0 saturated heterocycles. The Morgan fingerprint density at radius 1 is 1.14 bits per heavy atom. The second kappa shape index (κ2) is 6.81. The summed E-state index contributed by atoms with van der Waals surface area (Å²) in [6.07, 6.45) is 0. The van der Waals surface area contributed by atoms with Crippen LogP contribution in [0.4, 0.5) is 5.69 Å². The van der Waals surface area contributed by atoms with Crippen molar-refractivity contribution in [2.24, 2.45) is 0 Å². The number of aryl methyl sites for hydroxylation is 1. The lowest BCUT2D eigenvalue weighted by molar-refractivity contribution is 0.102. The summed E-state index contributed by atoms with van der Waals surface area (Å²) in [5.41, 5.74) is 1.98. The van der Waals surface area contributed by atoms with Gasteiger partial charge >= 0.3 is 0 Å². The van der Waals surface area contributed by atoms with Crippen LogP contribution in [0.5, 0.6) is 5.75 Å². The average Bonchev–Trinajstić information content (AvgIpc) is 2.41. The first kappa shape index (κ1) is 16.3. The Morgan fingerprint density at radius 2 is 1.76 bits per heavy atom. The topological polar surface area (TPSA) is 38.3 Å². The zero-order valence-electron chi connectivity index (χ0n) is 11.3. The van der Waals surface area contributed by atoms with E-state index in [1.807, 2.05) is 13.0 Å². The lowest BCUT2D eigenvalue weighted by Crippen LogP contribution is -2.13. The fourth-order valence-electron chi connectivity index (χ4n) is 1.81. The smallest absolute Gasteiger partial charge is 0.255 e. The fraction of sp³-hybridized carbons (Fsp3) is 0.133. The third kappa shape index (κ3) is 3.99. The maximum absolute atomic E-state index is 12.3. The van der Waals surface area contributed by atoms with Gasteiger partial charge in [0.05, 0.1) is 12.8 Å². The Kier molecular flexibility index (Phi) is 5.30. The minimum atomic E-state index is -0.225.